The SMILES string of the molecule is CN(CC1c2c(cnn2C)C2CN1C(=O)N2OCc1ccccc1)P(C)(C)(C)I. The first-order valence-corrected chi connectivity index (χ1v) is 16.1. The Morgan fingerprint density at radius 3 is 2.62 bits per heavy atom. The molecule has 2 atom stereocenters. The Morgan fingerprint density at radius 1 is 1.28 bits per heavy atom. The predicted molar refractivity (Wildman–Crippen MR) is 125 cm³/mol. The summed E-state index contributed by atoms with van der Waals surface area (Å²) in [5.41, 5.74) is 3.26. The van der Waals surface area contributed by atoms with Crippen LogP contribution in [0.1, 0.15) is 28.9 Å². The number of nitrogens with zero attached hydrogens (tertiary/aromatic N) is 5. The van der Waals surface area contributed by atoms with E-state index in [0.717, 1.165) is 23.4 Å². The van der Waals surface area contributed by atoms with Gasteiger partial charge in [-0.1, -0.05) is 0 Å². The van der Waals surface area contributed by atoms with Crippen molar-refractivity contribution in [3.63, 3.8) is 0 Å². The summed E-state index contributed by atoms with van der Waals surface area (Å²) in [7, 11) is 4.13. The molecule has 2 bridgehead atoms. The molecule has 1 saturated heterocycles. The number of halogens is 1. The number of benzene rings is 1. The van der Waals surface area contributed by atoms with Crippen molar-refractivity contribution in [1.82, 2.24) is 24.4 Å². The molecule has 2 aliphatic heterocycles. The molecule has 7 nitrogen and oxygen atoms in total. The molecule has 1 aromatic carbocycles. The van der Waals surface area contributed by atoms with Gasteiger partial charge in [-0.05, 0) is 0 Å². The first kappa shape index (κ1) is 21.0. The van der Waals surface area contributed by atoms with Crippen LogP contribution in [0, 0.1) is 0 Å². The van der Waals surface area contributed by atoms with E-state index in [4.69, 9.17) is 4.84 Å². The molecule has 158 valence electrons. The predicted octanol–water partition coefficient (Wildman–Crippen LogP) is 4.02. The number of hydrogen-bond donors (Lipinski definition) is 0. The Morgan fingerprint density at radius 2 is 1.97 bits per heavy atom. The molecule has 9 heteroatoms. The van der Waals surface area contributed by atoms with Crippen molar-refractivity contribution in [2.75, 3.05) is 40.1 Å². The second-order valence-corrected chi connectivity index (χ2v) is 24.7. The first-order valence-electron chi connectivity index (χ1n) is 9.76. The van der Waals surface area contributed by atoms with Crippen molar-refractivity contribution in [3.05, 3.63) is 53.3 Å². The van der Waals surface area contributed by atoms with Gasteiger partial charge in [-0.3, -0.25) is 0 Å². The molecule has 2 unspecified atom stereocenters. The van der Waals surface area contributed by atoms with Gasteiger partial charge in [-0.2, -0.15) is 0 Å². The number of urea groups is 1. The van der Waals surface area contributed by atoms with Crippen molar-refractivity contribution >= 4 is 32.5 Å². The van der Waals surface area contributed by atoms with E-state index >= 15 is 0 Å². The fraction of sp³-hybridized carbons (Fsp3) is 0.500. The first-order chi connectivity index (χ1) is 13.5. The van der Waals surface area contributed by atoms with E-state index in [0.29, 0.717) is 13.2 Å². The molecule has 0 aliphatic carbocycles. The monoisotopic (exact) mass is 529 g/mol. The summed E-state index contributed by atoms with van der Waals surface area (Å²) >= 11 is 2.59. The fourth-order valence-corrected chi connectivity index (χ4v) is 5.17. The molecule has 0 saturated carbocycles. The summed E-state index contributed by atoms with van der Waals surface area (Å²) in [5.74, 6) is 0. The van der Waals surface area contributed by atoms with E-state index in [9.17, 15) is 4.79 Å². The molecule has 2 aliphatic rings. The van der Waals surface area contributed by atoms with Gasteiger partial charge < -0.3 is 0 Å². The van der Waals surface area contributed by atoms with Crippen molar-refractivity contribution in [2.45, 2.75) is 18.7 Å². The number of likely N-dealkylation sites (N-methyl/N-ethyl adjacent to an activating group) is 1. The molecular weight excluding hydrogens is 500 g/mol. The molecule has 29 heavy (non-hydrogen) atoms. The maximum atomic E-state index is 13.3. The summed E-state index contributed by atoms with van der Waals surface area (Å²) in [6.07, 6.45) is 1.90. The van der Waals surface area contributed by atoms with Gasteiger partial charge in [0.15, 0.2) is 0 Å². The standard InChI is InChI=1S/C20H29IN5O2P/c1-23(29(3,4,5)21)12-18-19-16(11-22-24(19)2)17-13-25(18)20(27)26(17)28-14-15-9-7-6-8-10-15/h6-11,17-18H,12-14H2,1-5H3. The number of carbonyl (C=O) groups is 1. The van der Waals surface area contributed by atoms with Gasteiger partial charge in [0.2, 0.25) is 0 Å². The molecular formula is C20H29IN5O2P. The van der Waals surface area contributed by atoms with Crippen LogP contribution in [0.4, 0.5) is 4.79 Å². The van der Waals surface area contributed by atoms with Gasteiger partial charge in [-0.25, -0.2) is 0 Å². The topological polar surface area (TPSA) is 53.8 Å². The van der Waals surface area contributed by atoms with Gasteiger partial charge in [0.25, 0.3) is 0 Å². The third kappa shape index (κ3) is 3.92. The number of aromatic nitrogens is 2. The van der Waals surface area contributed by atoms with E-state index in [1.165, 1.54) is 0 Å². The third-order valence-electron chi connectivity index (χ3n) is 5.96. The van der Waals surface area contributed by atoms with Crippen molar-refractivity contribution in [3.8, 4) is 0 Å². The zero-order chi connectivity index (χ0) is 21.0. The number of amides is 2. The molecule has 2 aromatic rings. The van der Waals surface area contributed by atoms with Crippen LogP contribution in [-0.2, 0) is 18.5 Å². The molecule has 1 fully saturated rings. The van der Waals surface area contributed by atoms with Crippen LogP contribution in [0.2, 0.25) is 0 Å². The maximum absolute atomic E-state index is 13.3. The van der Waals surface area contributed by atoms with Gasteiger partial charge in [-0.15, -0.1) is 0 Å². The van der Waals surface area contributed by atoms with Crippen LogP contribution < -0.4 is 0 Å². The number of hydroxylamine groups is 2. The summed E-state index contributed by atoms with van der Waals surface area (Å²) in [4.78, 5) is 21.3. The zero-order valence-corrected chi connectivity index (χ0v) is 20.7. The Balaban J connectivity index is 1.62. The van der Waals surface area contributed by atoms with Crippen LogP contribution in [0.25, 0.3) is 0 Å². The van der Waals surface area contributed by atoms with E-state index in [1.807, 2.05) is 53.2 Å². The molecule has 0 N–H and O–H groups in total. The molecule has 3 heterocycles. The summed E-state index contributed by atoms with van der Waals surface area (Å²) < 4.78 is 2.37. The van der Waals surface area contributed by atoms with Gasteiger partial charge in [0.1, 0.15) is 0 Å². The van der Waals surface area contributed by atoms with Gasteiger partial charge >= 0.3 is 186 Å². The van der Waals surface area contributed by atoms with Crippen LogP contribution in [0.3, 0.4) is 0 Å². The summed E-state index contributed by atoms with van der Waals surface area (Å²) in [5, 5.41) is 6.08. The number of rotatable bonds is 6. The van der Waals surface area contributed by atoms with E-state index in [1.54, 1.807) is 5.06 Å². The van der Waals surface area contributed by atoms with E-state index in [-0.39, 0.29) is 18.1 Å². The Kier molecular flexibility index (Phi) is 5.21. The van der Waals surface area contributed by atoms with Gasteiger partial charge in [0.05, 0.1) is 0 Å². The number of carbonyl (C=O) groups excluding carboxylic acids is 1. The van der Waals surface area contributed by atoms with E-state index < -0.39 is 4.40 Å². The second-order valence-electron chi connectivity index (χ2n) is 9.02. The van der Waals surface area contributed by atoms with Crippen LogP contribution in [0.5, 0.6) is 0 Å². The van der Waals surface area contributed by atoms with Crippen LogP contribution in [-0.4, -0.2) is 70.6 Å². The normalized spacial score (nSPS) is 22.7. The van der Waals surface area contributed by atoms with Crippen molar-refractivity contribution in [1.29, 1.82) is 0 Å². The fourth-order valence-electron chi connectivity index (χ4n) is 3.93. The Labute approximate surface area is 185 Å². The average molecular weight is 529 g/mol. The quantitative estimate of drug-likeness (QED) is 0.419. The molecule has 0 radical (unpaired) electrons. The van der Waals surface area contributed by atoms with Crippen LogP contribution in [0.15, 0.2) is 36.5 Å². The van der Waals surface area contributed by atoms with Gasteiger partial charge in [0, 0.05) is 0 Å². The van der Waals surface area contributed by atoms with Crippen LogP contribution >= 0.6 is 26.4 Å². The molecule has 4 rings (SSSR count). The molecule has 0 spiro atoms. The molecule has 2 amide bonds. The minimum atomic E-state index is -1.97. The second kappa shape index (κ2) is 7.18. The number of fused-ring (bicyclic) bond motifs is 4. The summed E-state index contributed by atoms with van der Waals surface area (Å²) in [6, 6.07) is 9.74. The zero-order valence-electron chi connectivity index (χ0n) is 17.6. The minimum absolute atomic E-state index is 0.0345. The molecule has 1 aromatic heterocycles. The Hall–Kier alpha value is -1.22. The van der Waals surface area contributed by atoms with Crippen molar-refractivity contribution in [2.24, 2.45) is 7.05 Å². The summed E-state index contributed by atoms with van der Waals surface area (Å²) in [6.45, 7) is 8.76. The van der Waals surface area contributed by atoms with E-state index in [2.05, 4.69) is 58.9 Å². The third-order valence-corrected chi connectivity index (χ3v) is 10.6. The number of aryl methyl sites for hydroxylation is 1. The average Bonchev–Trinajstić information content (AvgIpc) is 3.16. The Bertz CT molecular complexity index is 917. The number of hydrogen-bond acceptors (Lipinski definition) is 4. The van der Waals surface area contributed by atoms with Crippen molar-refractivity contribution < 1.29 is 9.63 Å².